The second kappa shape index (κ2) is 5.06. The highest BCUT2D eigenvalue weighted by atomic mass is 15.1. The first-order valence-corrected chi connectivity index (χ1v) is 6.30. The summed E-state index contributed by atoms with van der Waals surface area (Å²) in [7, 11) is 0. The fourth-order valence-corrected chi connectivity index (χ4v) is 2.05. The van der Waals surface area contributed by atoms with Crippen molar-refractivity contribution in [2.24, 2.45) is 0 Å². The lowest BCUT2D eigenvalue weighted by molar-refractivity contribution is 0.719. The summed E-state index contributed by atoms with van der Waals surface area (Å²) in [4.78, 5) is 12.7. The highest BCUT2D eigenvalue weighted by Gasteiger charge is 2.01. The third-order valence-corrected chi connectivity index (χ3v) is 3.08. The number of aromatic nitrogens is 4. The number of hydrogen-bond acceptors (Lipinski definition) is 4. The molecule has 0 fully saturated rings. The predicted octanol–water partition coefficient (Wildman–Crippen LogP) is 2.46. The summed E-state index contributed by atoms with van der Waals surface area (Å²) in [5, 5.41) is 3.39. The van der Waals surface area contributed by atoms with Gasteiger partial charge in [0.2, 0.25) is 0 Å². The summed E-state index contributed by atoms with van der Waals surface area (Å²) >= 11 is 0. The molecule has 96 valence electrons. The highest BCUT2D eigenvalue weighted by Crippen LogP contribution is 2.15. The fourth-order valence-electron chi connectivity index (χ4n) is 2.05. The van der Waals surface area contributed by atoms with Crippen molar-refractivity contribution >= 4 is 16.7 Å². The second-order valence-corrected chi connectivity index (χ2v) is 4.28. The number of nitrogens with zero attached hydrogens (tertiary/aromatic N) is 4. The molecule has 0 aliphatic rings. The van der Waals surface area contributed by atoms with E-state index >= 15 is 0 Å². The molecule has 0 radical (unpaired) electrons. The Morgan fingerprint density at radius 1 is 1.16 bits per heavy atom. The topological polar surface area (TPSA) is 55.6 Å². The van der Waals surface area contributed by atoms with E-state index in [1.165, 1.54) is 5.69 Å². The first-order valence-electron chi connectivity index (χ1n) is 6.30. The number of benzene rings is 1. The summed E-state index contributed by atoms with van der Waals surface area (Å²) in [6, 6.07) is 6.00. The predicted molar refractivity (Wildman–Crippen MR) is 74.8 cm³/mol. The van der Waals surface area contributed by atoms with Crippen LogP contribution in [0.5, 0.6) is 0 Å². The third-order valence-electron chi connectivity index (χ3n) is 3.08. The van der Waals surface area contributed by atoms with Gasteiger partial charge >= 0.3 is 0 Å². The van der Waals surface area contributed by atoms with Crippen molar-refractivity contribution in [3.63, 3.8) is 0 Å². The molecule has 0 saturated heterocycles. The number of anilines is 1. The van der Waals surface area contributed by atoms with Gasteiger partial charge < -0.3 is 9.88 Å². The molecule has 0 atom stereocenters. The molecule has 2 aromatic heterocycles. The smallest absolute Gasteiger partial charge is 0.0948 e. The molecule has 0 unspecified atom stereocenters. The normalized spacial score (nSPS) is 10.8. The van der Waals surface area contributed by atoms with Crippen molar-refractivity contribution in [1.29, 1.82) is 0 Å². The lowest BCUT2D eigenvalue weighted by Crippen LogP contribution is -2.05. The van der Waals surface area contributed by atoms with Crippen LogP contribution in [-0.4, -0.2) is 19.5 Å². The second-order valence-electron chi connectivity index (χ2n) is 4.28. The molecule has 5 heteroatoms. The van der Waals surface area contributed by atoms with E-state index in [2.05, 4.69) is 31.8 Å². The summed E-state index contributed by atoms with van der Waals surface area (Å²) < 4.78 is 2.12. The van der Waals surface area contributed by atoms with Crippen LogP contribution >= 0.6 is 0 Å². The maximum Gasteiger partial charge on any atom is 0.0948 e. The highest BCUT2D eigenvalue weighted by molar-refractivity contribution is 5.78. The Labute approximate surface area is 111 Å². The van der Waals surface area contributed by atoms with Crippen LogP contribution in [0, 0.1) is 0 Å². The Bertz CT molecular complexity index is 689. The number of fused-ring (bicyclic) bond motifs is 1. The van der Waals surface area contributed by atoms with Gasteiger partial charge in [-0.1, -0.05) is 0 Å². The minimum Gasteiger partial charge on any atom is -0.379 e. The van der Waals surface area contributed by atoms with Crippen molar-refractivity contribution in [2.75, 3.05) is 5.32 Å². The van der Waals surface area contributed by atoms with E-state index in [0.717, 1.165) is 29.8 Å². The van der Waals surface area contributed by atoms with Gasteiger partial charge in [0, 0.05) is 30.8 Å². The molecule has 0 bridgehead atoms. The summed E-state index contributed by atoms with van der Waals surface area (Å²) in [6.07, 6.45) is 7.15. The average molecular weight is 253 g/mol. The zero-order valence-corrected chi connectivity index (χ0v) is 10.7. The van der Waals surface area contributed by atoms with Crippen LogP contribution in [0.15, 0.2) is 43.1 Å². The van der Waals surface area contributed by atoms with Crippen LogP contribution in [0.2, 0.25) is 0 Å². The van der Waals surface area contributed by atoms with E-state index < -0.39 is 0 Å². The molecule has 3 rings (SSSR count). The van der Waals surface area contributed by atoms with Crippen molar-refractivity contribution in [3.05, 3.63) is 48.8 Å². The summed E-state index contributed by atoms with van der Waals surface area (Å²) in [5.41, 5.74) is 4.02. The standard InChI is InChI=1S/C14H15N5/c1-2-19-10-15-8-12(19)9-18-11-3-4-13-14(7-11)17-6-5-16-13/h3-8,10,18H,2,9H2,1H3. The van der Waals surface area contributed by atoms with Crippen LogP contribution in [-0.2, 0) is 13.1 Å². The van der Waals surface area contributed by atoms with E-state index in [1.807, 2.05) is 30.7 Å². The lowest BCUT2D eigenvalue weighted by Gasteiger charge is -2.08. The van der Waals surface area contributed by atoms with Crippen LogP contribution in [0.25, 0.3) is 11.0 Å². The molecular weight excluding hydrogens is 238 g/mol. The maximum atomic E-state index is 4.30. The van der Waals surface area contributed by atoms with Gasteiger partial charge in [0.15, 0.2) is 0 Å². The molecule has 1 N–H and O–H groups in total. The molecule has 0 aliphatic carbocycles. The number of hydrogen-bond donors (Lipinski definition) is 1. The molecule has 0 saturated carbocycles. The maximum absolute atomic E-state index is 4.30. The molecule has 0 spiro atoms. The van der Waals surface area contributed by atoms with Crippen molar-refractivity contribution < 1.29 is 0 Å². The van der Waals surface area contributed by atoms with Crippen molar-refractivity contribution in [1.82, 2.24) is 19.5 Å². The van der Waals surface area contributed by atoms with Crippen LogP contribution in [0.4, 0.5) is 5.69 Å². The fraction of sp³-hybridized carbons (Fsp3) is 0.214. The summed E-state index contributed by atoms with van der Waals surface area (Å²) in [6.45, 7) is 3.79. The van der Waals surface area contributed by atoms with Gasteiger partial charge in [0.1, 0.15) is 0 Å². The number of rotatable bonds is 4. The Morgan fingerprint density at radius 2 is 2.00 bits per heavy atom. The monoisotopic (exact) mass is 253 g/mol. The Morgan fingerprint density at radius 3 is 2.84 bits per heavy atom. The minimum absolute atomic E-state index is 0.750. The van der Waals surface area contributed by atoms with E-state index in [0.29, 0.717) is 0 Å². The molecule has 0 aliphatic heterocycles. The van der Waals surface area contributed by atoms with Crippen LogP contribution in [0.1, 0.15) is 12.6 Å². The molecule has 3 aromatic rings. The van der Waals surface area contributed by atoms with Gasteiger partial charge in [-0.05, 0) is 25.1 Å². The van der Waals surface area contributed by atoms with Crippen LogP contribution in [0.3, 0.4) is 0 Å². The van der Waals surface area contributed by atoms with Gasteiger partial charge in [-0.25, -0.2) is 4.98 Å². The quantitative estimate of drug-likeness (QED) is 0.776. The zero-order chi connectivity index (χ0) is 13.1. The zero-order valence-electron chi connectivity index (χ0n) is 10.7. The SMILES string of the molecule is CCn1cncc1CNc1ccc2nccnc2c1. The van der Waals surface area contributed by atoms with Gasteiger partial charge in [0.05, 0.1) is 29.6 Å². The number of nitrogens with one attached hydrogen (secondary N) is 1. The van der Waals surface area contributed by atoms with E-state index in [4.69, 9.17) is 0 Å². The minimum atomic E-state index is 0.750. The number of imidazole rings is 1. The van der Waals surface area contributed by atoms with Gasteiger partial charge in [-0.3, -0.25) is 9.97 Å². The molecule has 19 heavy (non-hydrogen) atoms. The van der Waals surface area contributed by atoms with Gasteiger partial charge in [0.25, 0.3) is 0 Å². The Hall–Kier alpha value is -2.43. The molecule has 0 amide bonds. The van der Waals surface area contributed by atoms with Crippen LogP contribution < -0.4 is 5.32 Å². The molecular formula is C14H15N5. The van der Waals surface area contributed by atoms with E-state index in [1.54, 1.807) is 12.4 Å². The first kappa shape index (κ1) is 11.6. The van der Waals surface area contributed by atoms with E-state index in [-0.39, 0.29) is 0 Å². The summed E-state index contributed by atoms with van der Waals surface area (Å²) in [5.74, 6) is 0. The molecule has 5 nitrogen and oxygen atoms in total. The lowest BCUT2D eigenvalue weighted by atomic mass is 10.2. The van der Waals surface area contributed by atoms with Crippen molar-refractivity contribution in [3.8, 4) is 0 Å². The average Bonchev–Trinajstić information content (AvgIpc) is 2.92. The van der Waals surface area contributed by atoms with Crippen molar-refractivity contribution in [2.45, 2.75) is 20.0 Å². The number of aryl methyl sites for hydroxylation is 1. The first-order chi connectivity index (χ1) is 9.36. The Kier molecular flexibility index (Phi) is 3.10. The molecule has 2 heterocycles. The third kappa shape index (κ3) is 2.40. The Balaban J connectivity index is 1.78. The van der Waals surface area contributed by atoms with E-state index in [9.17, 15) is 0 Å². The largest absolute Gasteiger partial charge is 0.379 e. The molecule has 1 aromatic carbocycles. The van der Waals surface area contributed by atoms with Gasteiger partial charge in [-0.15, -0.1) is 0 Å². The van der Waals surface area contributed by atoms with Gasteiger partial charge in [-0.2, -0.15) is 0 Å².